The number of likely N-dealkylation sites (tertiary alicyclic amines) is 1. The summed E-state index contributed by atoms with van der Waals surface area (Å²) in [4.78, 5) is 7.53. The molecule has 5 heteroatoms. The van der Waals surface area contributed by atoms with E-state index in [4.69, 9.17) is 21.3 Å². The Morgan fingerprint density at radius 2 is 1.83 bits per heavy atom. The summed E-state index contributed by atoms with van der Waals surface area (Å²) in [6, 6.07) is 14.4. The Morgan fingerprint density at radius 1 is 1.00 bits per heavy atom. The molecule has 4 nitrogen and oxygen atoms in total. The molecular weight excluding hydrogens is 394 g/mol. The smallest absolute Gasteiger partial charge is 0.119 e. The van der Waals surface area contributed by atoms with Crippen LogP contribution in [0.25, 0.3) is 11.0 Å². The van der Waals surface area contributed by atoms with Crippen LogP contribution in [0, 0.1) is 6.92 Å². The van der Waals surface area contributed by atoms with Gasteiger partial charge in [-0.25, -0.2) is 4.98 Å². The number of nitrogens with zero attached hydrogens (tertiary/aromatic N) is 3. The third-order valence-corrected chi connectivity index (χ3v) is 6.41. The highest BCUT2D eigenvalue weighted by Gasteiger charge is 2.13. The minimum atomic E-state index is 0.720. The Bertz CT molecular complexity index is 962. The van der Waals surface area contributed by atoms with E-state index in [1.165, 1.54) is 50.2 Å². The number of hydrogen-bond acceptors (Lipinski definition) is 3. The fourth-order valence-corrected chi connectivity index (χ4v) is 4.42. The van der Waals surface area contributed by atoms with E-state index in [2.05, 4.69) is 33.7 Å². The summed E-state index contributed by atoms with van der Waals surface area (Å²) in [6.45, 7) is 7.44. The molecule has 0 aliphatic carbocycles. The summed E-state index contributed by atoms with van der Waals surface area (Å²) >= 11 is 6.09. The van der Waals surface area contributed by atoms with Crippen molar-refractivity contribution in [3.8, 4) is 5.75 Å². The molecule has 30 heavy (non-hydrogen) atoms. The number of fused-ring (bicyclic) bond motifs is 1. The summed E-state index contributed by atoms with van der Waals surface area (Å²) < 4.78 is 8.33. The van der Waals surface area contributed by atoms with E-state index in [9.17, 15) is 0 Å². The lowest BCUT2D eigenvalue weighted by atomic mass is 10.2. The quantitative estimate of drug-likeness (QED) is 0.379. The van der Waals surface area contributed by atoms with Crippen LogP contribution in [-0.4, -0.2) is 40.7 Å². The minimum absolute atomic E-state index is 0.720. The molecule has 0 saturated carbocycles. The molecular formula is C25H32ClN3O. The number of unbranched alkanes of at least 4 members (excludes halogenated alkanes) is 1. The SMILES string of the molecule is Cc1cc(OCCCCn2c(CCCN3CCCC3)nc3ccccc32)ccc1Cl. The van der Waals surface area contributed by atoms with Crippen molar-refractivity contribution >= 4 is 22.6 Å². The zero-order chi connectivity index (χ0) is 20.8. The van der Waals surface area contributed by atoms with Gasteiger partial charge in [-0.2, -0.15) is 0 Å². The van der Waals surface area contributed by atoms with E-state index in [1.807, 2.05) is 25.1 Å². The van der Waals surface area contributed by atoms with Gasteiger partial charge in [-0.05, 0) is 94.6 Å². The van der Waals surface area contributed by atoms with Gasteiger partial charge >= 0.3 is 0 Å². The van der Waals surface area contributed by atoms with Gasteiger partial charge in [-0.1, -0.05) is 23.7 Å². The molecule has 1 saturated heterocycles. The van der Waals surface area contributed by atoms with Crippen LogP contribution >= 0.6 is 11.6 Å². The van der Waals surface area contributed by atoms with Crippen molar-refractivity contribution in [1.82, 2.24) is 14.5 Å². The number of aryl methyl sites for hydroxylation is 3. The highest BCUT2D eigenvalue weighted by Crippen LogP contribution is 2.22. The topological polar surface area (TPSA) is 30.3 Å². The maximum absolute atomic E-state index is 6.09. The van der Waals surface area contributed by atoms with Crippen LogP contribution in [-0.2, 0) is 13.0 Å². The first-order valence-corrected chi connectivity index (χ1v) is 11.6. The molecule has 2 heterocycles. The van der Waals surface area contributed by atoms with Crippen LogP contribution in [0.5, 0.6) is 5.75 Å². The molecule has 4 rings (SSSR count). The van der Waals surface area contributed by atoms with Crippen molar-refractivity contribution in [2.24, 2.45) is 0 Å². The largest absolute Gasteiger partial charge is 0.494 e. The first kappa shape index (κ1) is 21.2. The monoisotopic (exact) mass is 425 g/mol. The lowest BCUT2D eigenvalue weighted by Gasteiger charge is -2.14. The first-order chi connectivity index (χ1) is 14.7. The molecule has 1 fully saturated rings. The standard InChI is InChI=1S/C25H32ClN3O/c1-20-19-21(12-13-22(20)26)30-18-7-6-17-29-24-10-3-2-9-23(24)27-25(29)11-8-16-28-14-4-5-15-28/h2-3,9-10,12-13,19H,4-8,11,14-18H2,1H3. The van der Waals surface area contributed by atoms with E-state index in [1.54, 1.807) is 0 Å². The molecule has 3 aromatic rings. The number of imidazole rings is 1. The van der Waals surface area contributed by atoms with Crippen molar-refractivity contribution in [1.29, 1.82) is 0 Å². The van der Waals surface area contributed by atoms with Gasteiger partial charge in [0.05, 0.1) is 17.6 Å². The molecule has 0 bridgehead atoms. The van der Waals surface area contributed by atoms with Crippen LogP contribution in [0.1, 0.15) is 43.5 Å². The molecule has 0 amide bonds. The molecule has 1 aromatic heterocycles. The fourth-order valence-electron chi connectivity index (χ4n) is 4.30. The lowest BCUT2D eigenvalue weighted by Crippen LogP contribution is -2.21. The summed E-state index contributed by atoms with van der Waals surface area (Å²) in [5.41, 5.74) is 3.42. The second-order valence-electron chi connectivity index (χ2n) is 8.29. The van der Waals surface area contributed by atoms with E-state index >= 15 is 0 Å². The molecule has 0 unspecified atom stereocenters. The minimum Gasteiger partial charge on any atom is -0.494 e. The number of ether oxygens (including phenoxy) is 1. The third kappa shape index (κ3) is 5.35. The summed E-state index contributed by atoms with van der Waals surface area (Å²) in [5, 5.41) is 0.784. The van der Waals surface area contributed by atoms with Crippen molar-refractivity contribution in [2.75, 3.05) is 26.2 Å². The Labute approximate surface area is 184 Å². The maximum Gasteiger partial charge on any atom is 0.119 e. The normalized spacial score (nSPS) is 14.6. The Morgan fingerprint density at radius 3 is 2.67 bits per heavy atom. The molecule has 160 valence electrons. The number of rotatable bonds is 10. The molecule has 0 atom stereocenters. The van der Waals surface area contributed by atoms with Crippen molar-refractivity contribution in [2.45, 2.75) is 52.0 Å². The molecule has 0 N–H and O–H groups in total. The number of hydrogen-bond donors (Lipinski definition) is 0. The number of para-hydroxylation sites is 2. The van der Waals surface area contributed by atoms with E-state index in [0.717, 1.165) is 54.3 Å². The Hall–Kier alpha value is -2.04. The maximum atomic E-state index is 6.09. The second kappa shape index (κ2) is 10.3. The van der Waals surface area contributed by atoms with E-state index in [0.29, 0.717) is 0 Å². The lowest BCUT2D eigenvalue weighted by molar-refractivity contribution is 0.302. The molecule has 0 spiro atoms. The van der Waals surface area contributed by atoms with Crippen LogP contribution in [0.15, 0.2) is 42.5 Å². The Balaban J connectivity index is 1.31. The van der Waals surface area contributed by atoms with E-state index < -0.39 is 0 Å². The molecule has 0 radical (unpaired) electrons. The summed E-state index contributed by atoms with van der Waals surface area (Å²) in [6.07, 6.45) is 7.04. The van der Waals surface area contributed by atoms with Gasteiger partial charge in [0.25, 0.3) is 0 Å². The van der Waals surface area contributed by atoms with Gasteiger partial charge in [0.15, 0.2) is 0 Å². The predicted octanol–water partition coefficient (Wildman–Crippen LogP) is 5.89. The third-order valence-electron chi connectivity index (χ3n) is 5.98. The van der Waals surface area contributed by atoms with Gasteiger partial charge in [-0.15, -0.1) is 0 Å². The van der Waals surface area contributed by atoms with Crippen LogP contribution in [0.3, 0.4) is 0 Å². The van der Waals surface area contributed by atoms with Gasteiger partial charge in [-0.3, -0.25) is 0 Å². The Kier molecular flexibility index (Phi) is 7.29. The highest BCUT2D eigenvalue weighted by molar-refractivity contribution is 6.31. The van der Waals surface area contributed by atoms with Crippen molar-refractivity contribution < 1.29 is 4.74 Å². The van der Waals surface area contributed by atoms with Gasteiger partial charge in [0.2, 0.25) is 0 Å². The average Bonchev–Trinajstić information content (AvgIpc) is 3.38. The zero-order valence-corrected chi connectivity index (χ0v) is 18.7. The van der Waals surface area contributed by atoms with Gasteiger partial charge < -0.3 is 14.2 Å². The van der Waals surface area contributed by atoms with Crippen LogP contribution < -0.4 is 4.74 Å². The molecule has 1 aliphatic heterocycles. The van der Waals surface area contributed by atoms with Crippen LogP contribution in [0.2, 0.25) is 5.02 Å². The average molecular weight is 426 g/mol. The highest BCUT2D eigenvalue weighted by atomic mass is 35.5. The fraction of sp³-hybridized carbons (Fsp3) is 0.480. The second-order valence-corrected chi connectivity index (χ2v) is 8.69. The summed E-state index contributed by atoms with van der Waals surface area (Å²) in [5.74, 6) is 2.12. The predicted molar refractivity (Wildman–Crippen MR) is 125 cm³/mol. The number of benzene rings is 2. The number of aromatic nitrogens is 2. The first-order valence-electron chi connectivity index (χ1n) is 11.3. The summed E-state index contributed by atoms with van der Waals surface area (Å²) in [7, 11) is 0. The zero-order valence-electron chi connectivity index (χ0n) is 17.9. The molecule has 1 aliphatic rings. The number of halogens is 1. The van der Waals surface area contributed by atoms with Crippen LogP contribution in [0.4, 0.5) is 0 Å². The van der Waals surface area contributed by atoms with Gasteiger partial charge in [0, 0.05) is 18.0 Å². The van der Waals surface area contributed by atoms with Gasteiger partial charge in [0.1, 0.15) is 11.6 Å². The van der Waals surface area contributed by atoms with E-state index in [-0.39, 0.29) is 0 Å². The van der Waals surface area contributed by atoms with Crippen molar-refractivity contribution in [3.05, 3.63) is 58.9 Å². The van der Waals surface area contributed by atoms with Crippen molar-refractivity contribution in [3.63, 3.8) is 0 Å². The molecule has 2 aromatic carbocycles.